The van der Waals surface area contributed by atoms with Crippen LogP contribution in [0.2, 0.25) is 0 Å². The standard InChI is InChI=1S/C21H22BrFN2O4/c1-12(24-20(28)29-21(2,3)4)19(27)25-17-10-9-13(22)11-15(17)18(26)14-7-5-6-8-16(14)23/h5-12H,1-4H3,(H,24,28)(H,25,27)/t12-/m0/s1. The van der Waals surface area contributed by atoms with Crippen molar-refractivity contribution in [2.45, 2.75) is 39.3 Å². The SMILES string of the molecule is C[C@H](NC(=O)OC(C)(C)C)C(=O)Nc1ccc(Br)cc1C(=O)c1ccccc1F. The predicted octanol–water partition coefficient (Wildman–Crippen LogP) is 4.67. The molecule has 2 aromatic rings. The Bertz CT molecular complexity index is 941. The van der Waals surface area contributed by atoms with Gasteiger partial charge in [0, 0.05) is 10.0 Å². The van der Waals surface area contributed by atoms with Gasteiger partial charge >= 0.3 is 6.09 Å². The first-order valence-electron chi connectivity index (χ1n) is 8.87. The van der Waals surface area contributed by atoms with Crippen molar-refractivity contribution in [3.63, 3.8) is 0 Å². The van der Waals surface area contributed by atoms with E-state index in [-0.39, 0.29) is 16.8 Å². The fraction of sp³-hybridized carbons (Fsp3) is 0.286. The van der Waals surface area contributed by atoms with E-state index in [0.717, 1.165) is 0 Å². The molecule has 1 atom stereocenters. The van der Waals surface area contributed by atoms with Gasteiger partial charge in [0.2, 0.25) is 5.91 Å². The third-order valence-electron chi connectivity index (χ3n) is 3.73. The number of carbonyl (C=O) groups excluding carboxylic acids is 3. The lowest BCUT2D eigenvalue weighted by Crippen LogP contribution is -2.44. The zero-order chi connectivity index (χ0) is 21.8. The summed E-state index contributed by atoms with van der Waals surface area (Å²) < 4.78 is 19.8. The van der Waals surface area contributed by atoms with Crippen LogP contribution in [0.4, 0.5) is 14.9 Å². The molecule has 0 unspecified atom stereocenters. The van der Waals surface area contributed by atoms with Crippen LogP contribution in [0.3, 0.4) is 0 Å². The number of benzene rings is 2. The van der Waals surface area contributed by atoms with Crippen LogP contribution in [0.5, 0.6) is 0 Å². The number of ether oxygens (including phenoxy) is 1. The van der Waals surface area contributed by atoms with Crippen LogP contribution in [-0.2, 0) is 9.53 Å². The Balaban J connectivity index is 2.21. The third kappa shape index (κ3) is 6.39. The van der Waals surface area contributed by atoms with Gasteiger partial charge < -0.3 is 15.4 Å². The van der Waals surface area contributed by atoms with E-state index in [4.69, 9.17) is 4.74 Å². The van der Waals surface area contributed by atoms with Gasteiger partial charge in [-0.15, -0.1) is 0 Å². The lowest BCUT2D eigenvalue weighted by atomic mass is 10.0. The Labute approximate surface area is 177 Å². The van der Waals surface area contributed by atoms with Crippen LogP contribution in [0.25, 0.3) is 0 Å². The minimum Gasteiger partial charge on any atom is -0.444 e. The molecule has 0 aliphatic rings. The molecule has 0 heterocycles. The van der Waals surface area contributed by atoms with Crippen molar-refractivity contribution >= 4 is 39.4 Å². The van der Waals surface area contributed by atoms with Gasteiger partial charge in [0.05, 0.1) is 11.3 Å². The number of rotatable bonds is 5. The van der Waals surface area contributed by atoms with Crippen LogP contribution in [0.1, 0.15) is 43.6 Å². The first-order valence-corrected chi connectivity index (χ1v) is 9.66. The Morgan fingerprint density at radius 3 is 2.34 bits per heavy atom. The van der Waals surface area contributed by atoms with Crippen LogP contribution in [0, 0.1) is 5.82 Å². The van der Waals surface area contributed by atoms with E-state index in [1.807, 2.05) is 0 Å². The molecule has 0 saturated carbocycles. The van der Waals surface area contributed by atoms with Crippen molar-refractivity contribution in [3.8, 4) is 0 Å². The summed E-state index contributed by atoms with van der Waals surface area (Å²) in [4.78, 5) is 37.2. The highest BCUT2D eigenvalue weighted by Gasteiger charge is 2.23. The molecule has 29 heavy (non-hydrogen) atoms. The Morgan fingerprint density at radius 2 is 1.72 bits per heavy atom. The van der Waals surface area contributed by atoms with Crippen LogP contribution in [-0.4, -0.2) is 29.4 Å². The molecule has 0 radical (unpaired) electrons. The molecule has 2 rings (SSSR count). The number of nitrogens with one attached hydrogen (secondary N) is 2. The fourth-order valence-electron chi connectivity index (χ4n) is 2.39. The molecule has 2 N–H and O–H groups in total. The van der Waals surface area contributed by atoms with Gasteiger partial charge in [-0.1, -0.05) is 28.1 Å². The Morgan fingerprint density at radius 1 is 1.07 bits per heavy atom. The van der Waals surface area contributed by atoms with E-state index in [0.29, 0.717) is 4.47 Å². The summed E-state index contributed by atoms with van der Waals surface area (Å²) in [6.45, 7) is 6.61. The number of halogens is 2. The van der Waals surface area contributed by atoms with Crippen LogP contribution >= 0.6 is 15.9 Å². The average Bonchev–Trinajstić information content (AvgIpc) is 2.61. The van der Waals surface area contributed by atoms with Crippen molar-refractivity contribution in [1.29, 1.82) is 0 Å². The lowest BCUT2D eigenvalue weighted by Gasteiger charge is -2.22. The van der Waals surface area contributed by atoms with E-state index >= 15 is 0 Å². The zero-order valence-corrected chi connectivity index (χ0v) is 18.1. The summed E-state index contributed by atoms with van der Waals surface area (Å²) in [6, 6.07) is 9.34. The first kappa shape index (κ1) is 22.5. The summed E-state index contributed by atoms with van der Waals surface area (Å²) in [5.41, 5.74) is -0.502. The normalized spacial score (nSPS) is 12.1. The number of ketones is 1. The lowest BCUT2D eigenvalue weighted by molar-refractivity contribution is -0.117. The minimum absolute atomic E-state index is 0.110. The maximum atomic E-state index is 14.0. The summed E-state index contributed by atoms with van der Waals surface area (Å²) in [6.07, 6.45) is -0.737. The second kappa shape index (κ2) is 9.17. The second-order valence-electron chi connectivity index (χ2n) is 7.36. The number of carbonyl (C=O) groups is 3. The fourth-order valence-corrected chi connectivity index (χ4v) is 2.76. The molecule has 2 amide bonds. The van der Waals surface area contributed by atoms with Gasteiger partial charge in [-0.25, -0.2) is 9.18 Å². The van der Waals surface area contributed by atoms with Crippen LogP contribution in [0.15, 0.2) is 46.9 Å². The summed E-state index contributed by atoms with van der Waals surface area (Å²) in [5.74, 6) is -1.79. The molecule has 0 saturated heterocycles. The predicted molar refractivity (Wildman–Crippen MR) is 111 cm³/mol. The number of anilines is 1. The third-order valence-corrected chi connectivity index (χ3v) is 4.22. The van der Waals surface area contributed by atoms with Crippen molar-refractivity contribution in [1.82, 2.24) is 5.32 Å². The van der Waals surface area contributed by atoms with Gasteiger partial charge in [-0.3, -0.25) is 9.59 Å². The maximum absolute atomic E-state index is 14.0. The highest BCUT2D eigenvalue weighted by Crippen LogP contribution is 2.25. The molecular weight excluding hydrogens is 443 g/mol. The van der Waals surface area contributed by atoms with Crippen molar-refractivity contribution in [2.24, 2.45) is 0 Å². The topological polar surface area (TPSA) is 84.5 Å². The van der Waals surface area contributed by atoms with Gasteiger partial charge in [0.15, 0.2) is 5.78 Å². The van der Waals surface area contributed by atoms with Crippen molar-refractivity contribution in [2.75, 3.05) is 5.32 Å². The number of alkyl carbamates (subject to hydrolysis) is 1. The van der Waals surface area contributed by atoms with Gasteiger partial charge in [-0.2, -0.15) is 0 Å². The molecule has 8 heteroatoms. The van der Waals surface area contributed by atoms with Gasteiger partial charge in [0.1, 0.15) is 17.5 Å². The Kier molecular flexibility index (Phi) is 7.13. The van der Waals surface area contributed by atoms with Crippen molar-refractivity contribution < 1.29 is 23.5 Å². The molecule has 0 aliphatic carbocycles. The zero-order valence-electron chi connectivity index (χ0n) is 16.5. The number of hydrogen-bond donors (Lipinski definition) is 2. The molecule has 154 valence electrons. The van der Waals surface area contributed by atoms with E-state index in [1.54, 1.807) is 32.9 Å². The molecule has 0 aliphatic heterocycles. The molecular formula is C21H22BrFN2O4. The highest BCUT2D eigenvalue weighted by molar-refractivity contribution is 9.10. The number of amides is 2. The molecule has 6 nitrogen and oxygen atoms in total. The molecule has 2 aromatic carbocycles. The summed E-state index contributed by atoms with van der Waals surface area (Å²) in [7, 11) is 0. The summed E-state index contributed by atoms with van der Waals surface area (Å²) >= 11 is 3.28. The monoisotopic (exact) mass is 464 g/mol. The van der Waals surface area contributed by atoms with E-state index in [1.165, 1.54) is 37.3 Å². The van der Waals surface area contributed by atoms with E-state index in [2.05, 4.69) is 26.6 Å². The van der Waals surface area contributed by atoms with E-state index in [9.17, 15) is 18.8 Å². The largest absolute Gasteiger partial charge is 0.444 e. The molecule has 0 aromatic heterocycles. The Hall–Kier alpha value is -2.74. The van der Waals surface area contributed by atoms with Gasteiger partial charge in [0.25, 0.3) is 0 Å². The highest BCUT2D eigenvalue weighted by atomic mass is 79.9. The second-order valence-corrected chi connectivity index (χ2v) is 8.27. The quantitative estimate of drug-likeness (QED) is 0.629. The molecule has 0 fully saturated rings. The molecule has 0 bridgehead atoms. The van der Waals surface area contributed by atoms with E-state index < -0.39 is 35.2 Å². The number of hydrogen-bond acceptors (Lipinski definition) is 4. The maximum Gasteiger partial charge on any atom is 0.408 e. The minimum atomic E-state index is -0.926. The van der Waals surface area contributed by atoms with Crippen LogP contribution < -0.4 is 10.6 Å². The van der Waals surface area contributed by atoms with Crippen molar-refractivity contribution in [3.05, 3.63) is 63.9 Å². The first-order chi connectivity index (χ1) is 13.5. The van der Waals surface area contributed by atoms with Gasteiger partial charge in [-0.05, 0) is 58.0 Å². The molecule has 0 spiro atoms. The smallest absolute Gasteiger partial charge is 0.408 e. The summed E-state index contributed by atoms with van der Waals surface area (Å²) in [5, 5.41) is 5.03. The average molecular weight is 465 g/mol.